The quantitative estimate of drug-likeness (QED) is 0.450. The zero-order chi connectivity index (χ0) is 24.8. The molecule has 7 nitrogen and oxygen atoms in total. The average Bonchev–Trinajstić information content (AvgIpc) is 2.83. The third-order valence-corrected chi connectivity index (χ3v) is 6.39. The number of carbonyl (C=O) groups is 3. The van der Waals surface area contributed by atoms with Crippen LogP contribution in [0.3, 0.4) is 0 Å². The molecule has 3 atom stereocenters. The van der Waals surface area contributed by atoms with Gasteiger partial charge in [-0.05, 0) is 48.2 Å². The second-order valence-corrected chi connectivity index (χ2v) is 8.71. The molecule has 0 saturated heterocycles. The molecule has 3 aromatic carbocycles. The molecule has 4 rings (SSSR count). The zero-order valence-electron chi connectivity index (χ0n) is 19.1. The first-order valence-corrected chi connectivity index (χ1v) is 11.5. The Bertz CT molecular complexity index is 1160. The first-order chi connectivity index (χ1) is 16.9. The van der Waals surface area contributed by atoms with E-state index < -0.39 is 29.7 Å². The molecule has 0 bridgehead atoms. The summed E-state index contributed by atoms with van der Waals surface area (Å²) in [4.78, 5) is 38.1. The number of amides is 1. The average molecular weight is 474 g/mol. The highest BCUT2D eigenvalue weighted by Gasteiger charge is 2.54. The third-order valence-electron chi connectivity index (χ3n) is 6.39. The van der Waals surface area contributed by atoms with E-state index >= 15 is 0 Å². The number of rotatable bonds is 10. The lowest BCUT2D eigenvalue weighted by molar-refractivity contribution is -0.172. The minimum Gasteiger partial charge on any atom is -0.481 e. The maximum Gasteiger partial charge on any atom is 0.308 e. The third kappa shape index (κ3) is 5.87. The predicted molar refractivity (Wildman–Crippen MR) is 129 cm³/mol. The molecule has 1 amide bonds. The van der Waals surface area contributed by atoms with Gasteiger partial charge in [-0.2, -0.15) is 0 Å². The Labute approximate surface area is 203 Å². The number of carboxylic acids is 2. The van der Waals surface area contributed by atoms with E-state index in [1.165, 1.54) is 0 Å². The van der Waals surface area contributed by atoms with Gasteiger partial charge in [-0.15, -0.1) is 0 Å². The molecule has 2 N–H and O–H groups in total. The smallest absolute Gasteiger partial charge is 0.308 e. The topological polar surface area (TPSA) is 104 Å². The Kier molecular flexibility index (Phi) is 7.45. The highest BCUT2D eigenvalue weighted by atomic mass is 16.5. The van der Waals surface area contributed by atoms with Crippen LogP contribution in [0, 0.1) is 17.8 Å². The van der Waals surface area contributed by atoms with E-state index in [-0.39, 0.29) is 18.9 Å². The Morgan fingerprint density at radius 3 is 1.94 bits per heavy atom. The summed E-state index contributed by atoms with van der Waals surface area (Å²) in [6, 6.07) is 26.5. The normalized spacial score (nSPS) is 18.8. The van der Waals surface area contributed by atoms with Crippen LogP contribution in [0.15, 0.2) is 84.9 Å². The number of para-hydroxylation sites is 1. The molecule has 0 aliphatic heterocycles. The Balaban J connectivity index is 1.48. The minimum atomic E-state index is -1.24. The minimum absolute atomic E-state index is 0.0385. The fourth-order valence-electron chi connectivity index (χ4n) is 4.42. The molecule has 1 fully saturated rings. The van der Waals surface area contributed by atoms with Gasteiger partial charge < -0.3 is 19.8 Å². The van der Waals surface area contributed by atoms with Crippen molar-refractivity contribution >= 4 is 17.8 Å². The summed E-state index contributed by atoms with van der Waals surface area (Å²) in [7, 11) is 0. The standard InChI is InChI=1S/C28H27NO6/c30-26(23-17-24(27(31)32)25(23)28(33)34)29(16-15-19-7-3-1-4-8-19)18-20-11-13-22(14-12-20)35-21-9-5-2-6-10-21/h1-14,23-25H,15-18H2,(H,31,32)(H,33,34). The number of nitrogens with zero attached hydrogens (tertiary/aromatic N) is 1. The summed E-state index contributed by atoms with van der Waals surface area (Å²) in [5.41, 5.74) is 1.93. The highest BCUT2D eigenvalue weighted by molar-refractivity contribution is 5.91. The van der Waals surface area contributed by atoms with Crippen molar-refractivity contribution < 1.29 is 29.3 Å². The monoisotopic (exact) mass is 473 g/mol. The van der Waals surface area contributed by atoms with Gasteiger partial charge in [0.25, 0.3) is 0 Å². The molecule has 0 spiro atoms. The number of carbonyl (C=O) groups excluding carboxylic acids is 1. The number of hydrogen-bond acceptors (Lipinski definition) is 4. The summed E-state index contributed by atoms with van der Waals surface area (Å²) in [5, 5.41) is 18.9. The largest absolute Gasteiger partial charge is 0.481 e. The molecular formula is C28H27NO6. The van der Waals surface area contributed by atoms with Gasteiger partial charge in [-0.3, -0.25) is 14.4 Å². The van der Waals surface area contributed by atoms with Crippen molar-refractivity contribution in [1.82, 2.24) is 4.90 Å². The lowest BCUT2D eigenvalue weighted by Gasteiger charge is -2.41. The van der Waals surface area contributed by atoms with Gasteiger partial charge >= 0.3 is 11.9 Å². The van der Waals surface area contributed by atoms with Gasteiger partial charge in [-0.1, -0.05) is 60.7 Å². The van der Waals surface area contributed by atoms with Crippen molar-refractivity contribution in [3.05, 3.63) is 96.1 Å². The molecule has 7 heteroatoms. The molecule has 3 unspecified atom stereocenters. The molecule has 35 heavy (non-hydrogen) atoms. The highest BCUT2D eigenvalue weighted by Crippen LogP contribution is 2.42. The van der Waals surface area contributed by atoms with E-state index in [0.717, 1.165) is 16.9 Å². The van der Waals surface area contributed by atoms with Gasteiger partial charge in [0.15, 0.2) is 0 Å². The maximum absolute atomic E-state index is 13.4. The second kappa shape index (κ2) is 10.9. The molecule has 0 aromatic heterocycles. The van der Waals surface area contributed by atoms with Crippen molar-refractivity contribution in [3.63, 3.8) is 0 Å². The van der Waals surface area contributed by atoms with Crippen LogP contribution in [-0.2, 0) is 27.3 Å². The fraction of sp³-hybridized carbons (Fsp3) is 0.250. The zero-order valence-corrected chi connectivity index (χ0v) is 19.1. The predicted octanol–water partition coefficient (Wildman–Crippen LogP) is 4.47. The van der Waals surface area contributed by atoms with E-state index in [4.69, 9.17) is 4.74 Å². The van der Waals surface area contributed by atoms with Crippen molar-refractivity contribution in [1.29, 1.82) is 0 Å². The lowest BCUT2D eigenvalue weighted by atomic mass is 9.64. The Hall–Kier alpha value is -4.13. The summed E-state index contributed by atoms with van der Waals surface area (Å²) < 4.78 is 5.83. The first kappa shape index (κ1) is 24.0. The summed E-state index contributed by atoms with van der Waals surface area (Å²) in [5.74, 6) is -4.44. The van der Waals surface area contributed by atoms with Gasteiger partial charge in [0.1, 0.15) is 11.5 Å². The van der Waals surface area contributed by atoms with E-state index in [9.17, 15) is 24.6 Å². The number of benzene rings is 3. The van der Waals surface area contributed by atoms with Gasteiger partial charge in [0.05, 0.1) is 17.8 Å². The molecular weight excluding hydrogens is 446 g/mol. The summed E-state index contributed by atoms with van der Waals surface area (Å²) >= 11 is 0. The molecule has 180 valence electrons. The molecule has 1 aliphatic carbocycles. The summed E-state index contributed by atoms with van der Waals surface area (Å²) in [6.45, 7) is 0.684. The van der Waals surface area contributed by atoms with Crippen LogP contribution in [0.1, 0.15) is 17.5 Å². The number of ether oxygens (including phenoxy) is 1. The van der Waals surface area contributed by atoms with Crippen molar-refractivity contribution in [3.8, 4) is 11.5 Å². The molecule has 1 saturated carbocycles. The number of aliphatic carboxylic acids is 2. The van der Waals surface area contributed by atoms with Gasteiger partial charge in [-0.25, -0.2) is 0 Å². The lowest BCUT2D eigenvalue weighted by Crippen LogP contribution is -2.53. The van der Waals surface area contributed by atoms with Crippen LogP contribution >= 0.6 is 0 Å². The van der Waals surface area contributed by atoms with E-state index in [1.54, 1.807) is 4.90 Å². The van der Waals surface area contributed by atoms with Crippen molar-refractivity contribution in [2.75, 3.05) is 6.54 Å². The first-order valence-electron chi connectivity index (χ1n) is 11.5. The maximum atomic E-state index is 13.4. The van der Waals surface area contributed by atoms with Crippen LogP contribution < -0.4 is 4.74 Å². The Morgan fingerprint density at radius 1 is 0.743 bits per heavy atom. The van der Waals surface area contributed by atoms with Crippen LogP contribution in [0.2, 0.25) is 0 Å². The van der Waals surface area contributed by atoms with E-state index in [0.29, 0.717) is 18.7 Å². The fourth-order valence-corrected chi connectivity index (χ4v) is 4.42. The number of hydrogen-bond donors (Lipinski definition) is 2. The van der Waals surface area contributed by atoms with E-state index in [1.807, 2.05) is 84.9 Å². The molecule has 0 radical (unpaired) electrons. The SMILES string of the molecule is O=C(O)C1CC(C(=O)N(CCc2ccccc2)Cc2ccc(Oc3ccccc3)cc2)C1C(=O)O. The van der Waals surface area contributed by atoms with E-state index in [2.05, 4.69) is 0 Å². The molecule has 0 heterocycles. The van der Waals surface area contributed by atoms with Crippen LogP contribution in [-0.4, -0.2) is 39.5 Å². The summed E-state index contributed by atoms with van der Waals surface area (Å²) in [6.07, 6.45) is 0.644. The van der Waals surface area contributed by atoms with Crippen LogP contribution in [0.25, 0.3) is 0 Å². The molecule has 3 aromatic rings. The molecule has 1 aliphatic rings. The second-order valence-electron chi connectivity index (χ2n) is 8.71. The van der Waals surface area contributed by atoms with Gasteiger partial charge in [0, 0.05) is 13.1 Å². The number of carboxylic acid groups (broad SMARTS) is 2. The van der Waals surface area contributed by atoms with Crippen LogP contribution in [0.4, 0.5) is 0 Å². The Morgan fingerprint density at radius 2 is 1.34 bits per heavy atom. The van der Waals surface area contributed by atoms with Crippen molar-refractivity contribution in [2.45, 2.75) is 19.4 Å². The van der Waals surface area contributed by atoms with Gasteiger partial charge in [0.2, 0.25) is 5.91 Å². The van der Waals surface area contributed by atoms with Crippen molar-refractivity contribution in [2.24, 2.45) is 17.8 Å². The van der Waals surface area contributed by atoms with Crippen LogP contribution in [0.5, 0.6) is 11.5 Å².